The molecule has 0 aliphatic carbocycles. The number of carbonyl (C=O) groups excluding carboxylic acids is 1. The van der Waals surface area contributed by atoms with Crippen LogP contribution < -0.4 is 5.73 Å². The number of hydrogen-bond acceptors (Lipinski definition) is 3. The fourth-order valence-corrected chi connectivity index (χ4v) is 3.23. The van der Waals surface area contributed by atoms with E-state index in [2.05, 4.69) is 18.7 Å². The molecule has 0 spiro atoms. The fourth-order valence-electron chi connectivity index (χ4n) is 3.23. The summed E-state index contributed by atoms with van der Waals surface area (Å²) in [7, 11) is 0. The molecule has 0 aromatic heterocycles. The van der Waals surface area contributed by atoms with E-state index in [0.29, 0.717) is 24.4 Å². The highest BCUT2D eigenvalue weighted by Gasteiger charge is 2.38. The number of hydrogen-bond donors (Lipinski definition) is 1. The highest BCUT2D eigenvalue weighted by Crippen LogP contribution is 2.29. The molecule has 0 saturated carbocycles. The summed E-state index contributed by atoms with van der Waals surface area (Å²) in [5.74, 6) is 0.853. The van der Waals surface area contributed by atoms with Gasteiger partial charge in [0.1, 0.15) is 0 Å². The van der Waals surface area contributed by atoms with Gasteiger partial charge in [-0.2, -0.15) is 0 Å². The zero-order valence-electron chi connectivity index (χ0n) is 11.6. The maximum atomic E-state index is 12.6. The van der Waals surface area contributed by atoms with Crippen molar-refractivity contribution in [2.75, 3.05) is 19.7 Å². The van der Waals surface area contributed by atoms with Gasteiger partial charge in [-0.3, -0.25) is 4.79 Å². The highest BCUT2D eigenvalue weighted by molar-refractivity contribution is 5.80. The molecule has 4 atom stereocenters. The summed E-state index contributed by atoms with van der Waals surface area (Å²) in [6.07, 6.45) is 4.17. The molecule has 2 saturated heterocycles. The van der Waals surface area contributed by atoms with E-state index in [-0.39, 0.29) is 12.0 Å². The standard InChI is InChI=1S/C14H26N2O2/c1-3-13-12(6-7-18-13)14(17)16-9-11(8-15)5-4-10(16)2/h10-13H,3-9,15H2,1-2H3. The Hall–Kier alpha value is -0.610. The van der Waals surface area contributed by atoms with Crippen molar-refractivity contribution in [3.63, 3.8) is 0 Å². The summed E-state index contributed by atoms with van der Waals surface area (Å²) in [6, 6.07) is 0.360. The van der Waals surface area contributed by atoms with Crippen molar-refractivity contribution in [3.05, 3.63) is 0 Å². The number of rotatable bonds is 3. The smallest absolute Gasteiger partial charge is 0.228 e. The summed E-state index contributed by atoms with van der Waals surface area (Å²) in [5.41, 5.74) is 5.76. The lowest BCUT2D eigenvalue weighted by Gasteiger charge is -2.39. The molecule has 4 heteroatoms. The van der Waals surface area contributed by atoms with Crippen LogP contribution in [0.1, 0.15) is 39.5 Å². The average Bonchev–Trinajstić information content (AvgIpc) is 2.86. The molecular weight excluding hydrogens is 228 g/mol. The first-order chi connectivity index (χ1) is 8.67. The second-order valence-corrected chi connectivity index (χ2v) is 5.73. The van der Waals surface area contributed by atoms with Crippen LogP contribution in [0.4, 0.5) is 0 Å². The van der Waals surface area contributed by atoms with Gasteiger partial charge in [0.05, 0.1) is 12.0 Å². The molecule has 104 valence electrons. The van der Waals surface area contributed by atoms with E-state index in [1.165, 1.54) is 0 Å². The van der Waals surface area contributed by atoms with Crippen molar-refractivity contribution in [3.8, 4) is 0 Å². The Bertz CT molecular complexity index is 296. The molecule has 0 bridgehead atoms. The third-order valence-corrected chi connectivity index (χ3v) is 4.53. The van der Waals surface area contributed by atoms with Crippen LogP contribution in [0, 0.1) is 11.8 Å². The van der Waals surface area contributed by atoms with Gasteiger partial charge in [-0.1, -0.05) is 6.92 Å². The van der Waals surface area contributed by atoms with E-state index in [0.717, 1.165) is 38.8 Å². The van der Waals surface area contributed by atoms with Crippen molar-refractivity contribution < 1.29 is 9.53 Å². The second-order valence-electron chi connectivity index (χ2n) is 5.73. The van der Waals surface area contributed by atoms with E-state index in [9.17, 15) is 4.79 Å². The summed E-state index contributed by atoms with van der Waals surface area (Å²) >= 11 is 0. The number of nitrogens with zero attached hydrogens (tertiary/aromatic N) is 1. The first kappa shape index (κ1) is 13.8. The largest absolute Gasteiger partial charge is 0.377 e. The Morgan fingerprint density at radius 1 is 1.39 bits per heavy atom. The average molecular weight is 254 g/mol. The Labute approximate surface area is 110 Å². The normalized spacial score (nSPS) is 36.9. The van der Waals surface area contributed by atoms with Gasteiger partial charge in [-0.05, 0) is 45.1 Å². The minimum Gasteiger partial charge on any atom is -0.377 e. The van der Waals surface area contributed by atoms with Crippen molar-refractivity contribution in [1.29, 1.82) is 0 Å². The lowest BCUT2D eigenvalue weighted by atomic mass is 9.90. The summed E-state index contributed by atoms with van der Waals surface area (Å²) in [4.78, 5) is 14.7. The zero-order chi connectivity index (χ0) is 13.1. The molecule has 18 heavy (non-hydrogen) atoms. The lowest BCUT2D eigenvalue weighted by molar-refractivity contribution is -0.141. The van der Waals surface area contributed by atoms with Crippen LogP contribution in [0.5, 0.6) is 0 Å². The number of nitrogens with two attached hydrogens (primary N) is 1. The monoisotopic (exact) mass is 254 g/mol. The van der Waals surface area contributed by atoms with Crippen LogP contribution in [-0.2, 0) is 9.53 Å². The predicted octanol–water partition coefficient (Wildman–Crippen LogP) is 1.39. The highest BCUT2D eigenvalue weighted by atomic mass is 16.5. The minimum absolute atomic E-state index is 0.0778. The SMILES string of the molecule is CCC1OCCC1C(=O)N1CC(CN)CCC1C. The first-order valence-electron chi connectivity index (χ1n) is 7.29. The lowest BCUT2D eigenvalue weighted by Crippen LogP contribution is -2.50. The molecule has 2 heterocycles. The summed E-state index contributed by atoms with van der Waals surface area (Å²) < 4.78 is 5.64. The number of ether oxygens (including phenoxy) is 1. The molecule has 4 unspecified atom stereocenters. The summed E-state index contributed by atoms with van der Waals surface area (Å²) in [6.45, 7) is 6.51. The quantitative estimate of drug-likeness (QED) is 0.828. The van der Waals surface area contributed by atoms with E-state index in [1.54, 1.807) is 0 Å². The Morgan fingerprint density at radius 3 is 2.83 bits per heavy atom. The molecule has 2 rings (SSSR count). The third kappa shape index (κ3) is 2.69. The van der Waals surface area contributed by atoms with Crippen molar-refractivity contribution in [2.45, 2.75) is 51.7 Å². The van der Waals surface area contributed by atoms with Crippen molar-refractivity contribution >= 4 is 5.91 Å². The predicted molar refractivity (Wildman–Crippen MR) is 71.1 cm³/mol. The number of amides is 1. The number of piperidine rings is 1. The molecule has 4 nitrogen and oxygen atoms in total. The second kappa shape index (κ2) is 6.02. The first-order valence-corrected chi connectivity index (χ1v) is 7.29. The topological polar surface area (TPSA) is 55.6 Å². The van der Waals surface area contributed by atoms with E-state index in [1.807, 2.05) is 0 Å². The van der Waals surface area contributed by atoms with Gasteiger partial charge in [-0.15, -0.1) is 0 Å². The fraction of sp³-hybridized carbons (Fsp3) is 0.929. The molecule has 2 fully saturated rings. The Morgan fingerprint density at radius 2 is 2.17 bits per heavy atom. The third-order valence-electron chi connectivity index (χ3n) is 4.53. The number of carbonyl (C=O) groups is 1. The van der Waals surface area contributed by atoms with E-state index >= 15 is 0 Å². The van der Waals surface area contributed by atoms with Gasteiger partial charge in [0.2, 0.25) is 5.91 Å². The minimum atomic E-state index is 0.0778. The molecule has 2 aliphatic rings. The Balaban J connectivity index is 2.02. The Kier molecular flexibility index (Phi) is 4.62. The van der Waals surface area contributed by atoms with Crippen LogP contribution in [0.15, 0.2) is 0 Å². The van der Waals surface area contributed by atoms with Crippen molar-refractivity contribution in [2.24, 2.45) is 17.6 Å². The molecular formula is C14H26N2O2. The van der Waals surface area contributed by atoms with Crippen LogP contribution in [0.3, 0.4) is 0 Å². The van der Waals surface area contributed by atoms with Crippen LogP contribution >= 0.6 is 0 Å². The molecule has 2 N–H and O–H groups in total. The van der Waals surface area contributed by atoms with Gasteiger partial charge < -0.3 is 15.4 Å². The van der Waals surface area contributed by atoms with Gasteiger partial charge in [0, 0.05) is 19.2 Å². The van der Waals surface area contributed by atoms with Gasteiger partial charge >= 0.3 is 0 Å². The molecule has 0 radical (unpaired) electrons. The van der Waals surface area contributed by atoms with Crippen LogP contribution in [0.25, 0.3) is 0 Å². The van der Waals surface area contributed by atoms with E-state index < -0.39 is 0 Å². The maximum absolute atomic E-state index is 12.6. The summed E-state index contributed by atoms with van der Waals surface area (Å²) in [5, 5.41) is 0. The molecule has 1 amide bonds. The van der Waals surface area contributed by atoms with Gasteiger partial charge in [-0.25, -0.2) is 0 Å². The maximum Gasteiger partial charge on any atom is 0.228 e. The zero-order valence-corrected chi connectivity index (χ0v) is 11.6. The molecule has 0 aromatic rings. The van der Waals surface area contributed by atoms with Crippen LogP contribution in [0.2, 0.25) is 0 Å². The van der Waals surface area contributed by atoms with Crippen LogP contribution in [-0.4, -0.2) is 42.6 Å². The van der Waals surface area contributed by atoms with Gasteiger partial charge in [0.25, 0.3) is 0 Å². The van der Waals surface area contributed by atoms with Crippen molar-refractivity contribution in [1.82, 2.24) is 4.90 Å². The molecule has 0 aromatic carbocycles. The van der Waals surface area contributed by atoms with E-state index in [4.69, 9.17) is 10.5 Å². The molecule has 2 aliphatic heterocycles. The number of likely N-dealkylation sites (tertiary alicyclic amines) is 1. The van der Waals surface area contributed by atoms with Gasteiger partial charge in [0.15, 0.2) is 0 Å².